The van der Waals surface area contributed by atoms with E-state index in [2.05, 4.69) is 9.88 Å². The van der Waals surface area contributed by atoms with Crippen molar-refractivity contribution in [2.24, 2.45) is 0 Å². The third-order valence-electron chi connectivity index (χ3n) is 2.95. The minimum absolute atomic E-state index is 0.0978. The monoisotopic (exact) mass is 265 g/mol. The number of fused-ring (bicyclic) bond motifs is 1. The fourth-order valence-corrected chi connectivity index (χ4v) is 2.96. The van der Waals surface area contributed by atoms with Crippen molar-refractivity contribution in [3.8, 4) is 0 Å². The van der Waals surface area contributed by atoms with Crippen LogP contribution in [0.2, 0.25) is 0 Å². The fourth-order valence-electron chi connectivity index (χ4n) is 2.05. The van der Waals surface area contributed by atoms with E-state index in [1.54, 1.807) is 15.9 Å². The summed E-state index contributed by atoms with van der Waals surface area (Å²) in [6.45, 7) is 5.64. The van der Waals surface area contributed by atoms with Crippen molar-refractivity contribution >= 4 is 21.6 Å². The summed E-state index contributed by atoms with van der Waals surface area (Å²) in [5, 5.41) is 0.757. The van der Waals surface area contributed by atoms with Gasteiger partial charge in [-0.3, -0.25) is 9.36 Å². The summed E-state index contributed by atoms with van der Waals surface area (Å²) < 4.78 is 1.79. The first-order valence-electron chi connectivity index (χ1n) is 6.11. The van der Waals surface area contributed by atoms with Gasteiger partial charge in [0.15, 0.2) is 0 Å². The molecule has 2 heterocycles. The van der Waals surface area contributed by atoms with Crippen molar-refractivity contribution in [1.29, 1.82) is 0 Å². The van der Waals surface area contributed by atoms with Crippen molar-refractivity contribution in [1.82, 2.24) is 14.5 Å². The first kappa shape index (κ1) is 13.2. The van der Waals surface area contributed by atoms with Crippen LogP contribution in [0.1, 0.15) is 17.1 Å². The summed E-state index contributed by atoms with van der Waals surface area (Å²) in [7, 11) is 4.08. The quantitative estimate of drug-likeness (QED) is 0.849. The molecule has 0 radical (unpaired) electrons. The molecule has 0 amide bonds. The highest BCUT2D eigenvalue weighted by atomic mass is 32.1. The predicted octanol–water partition coefficient (Wildman–Crippen LogP) is 2.03. The van der Waals surface area contributed by atoms with Gasteiger partial charge in [0.25, 0.3) is 5.56 Å². The van der Waals surface area contributed by atoms with Gasteiger partial charge in [-0.2, -0.15) is 0 Å². The largest absolute Gasteiger partial charge is 0.309 e. The van der Waals surface area contributed by atoms with Gasteiger partial charge in [0.1, 0.15) is 10.7 Å². The lowest BCUT2D eigenvalue weighted by Gasteiger charge is -2.12. The molecule has 0 aliphatic rings. The van der Waals surface area contributed by atoms with Gasteiger partial charge in [0, 0.05) is 11.4 Å². The van der Waals surface area contributed by atoms with Gasteiger partial charge in [-0.05, 0) is 47.0 Å². The Labute approximate surface area is 111 Å². The molecule has 5 heteroatoms. The van der Waals surface area contributed by atoms with Crippen LogP contribution in [0, 0.1) is 13.8 Å². The van der Waals surface area contributed by atoms with Gasteiger partial charge in [-0.25, -0.2) is 4.98 Å². The lowest BCUT2D eigenvalue weighted by Crippen LogP contribution is -2.25. The zero-order valence-corrected chi connectivity index (χ0v) is 12.2. The maximum atomic E-state index is 12.4. The highest BCUT2D eigenvalue weighted by Crippen LogP contribution is 2.20. The second kappa shape index (κ2) is 5.20. The van der Waals surface area contributed by atoms with Crippen LogP contribution >= 0.6 is 11.3 Å². The van der Waals surface area contributed by atoms with E-state index in [-0.39, 0.29) is 5.56 Å². The Morgan fingerprint density at radius 1 is 1.39 bits per heavy atom. The van der Waals surface area contributed by atoms with Crippen LogP contribution in [-0.2, 0) is 6.54 Å². The molecule has 0 bridgehead atoms. The maximum absolute atomic E-state index is 12.4. The molecule has 0 atom stereocenters. The van der Waals surface area contributed by atoms with Crippen molar-refractivity contribution in [3.05, 3.63) is 27.1 Å². The third-order valence-corrected chi connectivity index (χ3v) is 3.90. The summed E-state index contributed by atoms with van der Waals surface area (Å²) in [4.78, 5) is 21.0. The van der Waals surface area contributed by atoms with E-state index in [0.29, 0.717) is 0 Å². The highest BCUT2D eigenvalue weighted by Gasteiger charge is 2.10. The van der Waals surface area contributed by atoms with E-state index in [1.807, 2.05) is 34.0 Å². The average molecular weight is 265 g/mol. The number of hydrogen-bond acceptors (Lipinski definition) is 4. The van der Waals surface area contributed by atoms with E-state index in [9.17, 15) is 4.79 Å². The molecule has 2 aromatic rings. The van der Waals surface area contributed by atoms with Gasteiger partial charge >= 0.3 is 0 Å². The number of hydrogen-bond donors (Lipinski definition) is 0. The van der Waals surface area contributed by atoms with Gasteiger partial charge in [0.2, 0.25) is 0 Å². The lowest BCUT2D eigenvalue weighted by molar-refractivity contribution is 0.383. The van der Waals surface area contributed by atoms with Gasteiger partial charge < -0.3 is 4.90 Å². The van der Waals surface area contributed by atoms with Gasteiger partial charge in [-0.1, -0.05) is 0 Å². The summed E-state index contributed by atoms with van der Waals surface area (Å²) in [6, 6.07) is 1.94. The molecule has 98 valence electrons. The van der Waals surface area contributed by atoms with Gasteiger partial charge in [-0.15, -0.1) is 11.3 Å². The SMILES string of the molecule is Cc1cc2c(=O)n(CCCN(C)C)c(C)nc2s1. The Morgan fingerprint density at radius 2 is 2.11 bits per heavy atom. The van der Waals surface area contributed by atoms with Gasteiger partial charge in [0.05, 0.1) is 5.39 Å². The molecule has 0 fully saturated rings. The Bertz CT molecular complexity index is 612. The van der Waals surface area contributed by atoms with E-state index >= 15 is 0 Å². The molecule has 2 aromatic heterocycles. The molecule has 0 aromatic carbocycles. The smallest absolute Gasteiger partial charge is 0.262 e. The molecule has 0 spiro atoms. The average Bonchev–Trinajstić information content (AvgIpc) is 2.63. The standard InChI is InChI=1S/C13H19N3OS/c1-9-8-11-12(18-9)14-10(2)16(13(11)17)7-5-6-15(3)4/h8H,5-7H2,1-4H3. The predicted molar refractivity (Wildman–Crippen MR) is 76.5 cm³/mol. The Kier molecular flexibility index (Phi) is 3.82. The molecule has 4 nitrogen and oxygen atoms in total. The van der Waals surface area contributed by atoms with Crippen LogP contribution in [0.15, 0.2) is 10.9 Å². The molecule has 0 saturated heterocycles. The van der Waals surface area contributed by atoms with Crippen LogP contribution < -0.4 is 5.56 Å². The molecular weight excluding hydrogens is 246 g/mol. The Hall–Kier alpha value is -1.20. The minimum atomic E-state index is 0.0978. The first-order valence-corrected chi connectivity index (χ1v) is 6.93. The molecular formula is C13H19N3OS. The van der Waals surface area contributed by atoms with E-state index in [4.69, 9.17) is 0 Å². The number of aromatic nitrogens is 2. The summed E-state index contributed by atoms with van der Waals surface area (Å²) in [5.41, 5.74) is 0.0978. The molecule has 0 aliphatic heterocycles. The van der Waals surface area contributed by atoms with Crippen molar-refractivity contribution in [2.75, 3.05) is 20.6 Å². The number of rotatable bonds is 4. The van der Waals surface area contributed by atoms with Crippen LogP contribution in [0.3, 0.4) is 0 Å². The Morgan fingerprint density at radius 3 is 2.78 bits per heavy atom. The van der Waals surface area contributed by atoms with Crippen LogP contribution in [0.4, 0.5) is 0 Å². The maximum Gasteiger partial charge on any atom is 0.262 e. The van der Waals surface area contributed by atoms with Crippen molar-refractivity contribution in [2.45, 2.75) is 26.8 Å². The molecule has 0 aliphatic carbocycles. The lowest BCUT2D eigenvalue weighted by atomic mass is 10.3. The summed E-state index contributed by atoms with van der Waals surface area (Å²) >= 11 is 1.59. The molecule has 2 rings (SSSR count). The minimum Gasteiger partial charge on any atom is -0.309 e. The van der Waals surface area contributed by atoms with E-state index < -0.39 is 0 Å². The zero-order valence-electron chi connectivity index (χ0n) is 11.4. The molecule has 18 heavy (non-hydrogen) atoms. The normalized spacial score (nSPS) is 11.6. The molecule has 0 unspecified atom stereocenters. The second-order valence-corrected chi connectivity index (χ2v) is 6.08. The summed E-state index contributed by atoms with van der Waals surface area (Å²) in [6.07, 6.45) is 0.962. The second-order valence-electron chi connectivity index (χ2n) is 4.85. The van der Waals surface area contributed by atoms with Crippen LogP contribution in [0.5, 0.6) is 0 Å². The zero-order chi connectivity index (χ0) is 13.3. The molecule has 0 N–H and O–H groups in total. The summed E-state index contributed by atoms with van der Waals surface area (Å²) in [5.74, 6) is 0.813. The third kappa shape index (κ3) is 2.62. The Balaban J connectivity index is 2.35. The van der Waals surface area contributed by atoms with Crippen molar-refractivity contribution in [3.63, 3.8) is 0 Å². The van der Waals surface area contributed by atoms with E-state index in [1.165, 1.54) is 0 Å². The van der Waals surface area contributed by atoms with Crippen LogP contribution in [-0.4, -0.2) is 35.1 Å². The number of aryl methyl sites for hydroxylation is 2. The van der Waals surface area contributed by atoms with Crippen LogP contribution in [0.25, 0.3) is 10.2 Å². The topological polar surface area (TPSA) is 38.1 Å². The number of nitrogens with zero attached hydrogens (tertiary/aromatic N) is 3. The van der Waals surface area contributed by atoms with Crippen molar-refractivity contribution < 1.29 is 0 Å². The van der Waals surface area contributed by atoms with E-state index in [0.717, 1.165) is 40.4 Å². The fraction of sp³-hybridized carbons (Fsp3) is 0.538. The first-order chi connectivity index (χ1) is 8.49. The molecule has 0 saturated carbocycles. The number of thiophene rings is 1. The highest BCUT2D eigenvalue weighted by molar-refractivity contribution is 7.18.